The van der Waals surface area contributed by atoms with Crippen molar-refractivity contribution in [3.8, 4) is 0 Å². The second kappa shape index (κ2) is 17.8. The summed E-state index contributed by atoms with van der Waals surface area (Å²) in [6, 6.07) is 0. The molecule has 0 aliphatic rings. The van der Waals surface area contributed by atoms with Crippen molar-refractivity contribution in [3.63, 3.8) is 0 Å². The van der Waals surface area contributed by atoms with E-state index in [0.717, 1.165) is 6.42 Å². The second-order valence-corrected chi connectivity index (χ2v) is 7.24. The summed E-state index contributed by atoms with van der Waals surface area (Å²) in [5.74, 6) is -0.0327. The first-order valence-electron chi connectivity index (χ1n) is 10.4. The van der Waals surface area contributed by atoms with Gasteiger partial charge in [-0.25, -0.2) is 0 Å². The van der Waals surface area contributed by atoms with E-state index in [9.17, 15) is 4.79 Å². The van der Waals surface area contributed by atoms with Gasteiger partial charge in [-0.05, 0) is 20.3 Å². The molecule has 0 aliphatic carbocycles. The van der Waals surface area contributed by atoms with Crippen molar-refractivity contribution < 1.29 is 9.53 Å². The molecule has 0 radical (unpaired) electrons. The number of rotatable bonds is 17. The molecule has 0 bridgehead atoms. The van der Waals surface area contributed by atoms with Crippen molar-refractivity contribution in [1.82, 2.24) is 0 Å². The van der Waals surface area contributed by atoms with E-state index in [0.29, 0.717) is 6.42 Å². The van der Waals surface area contributed by atoms with E-state index < -0.39 is 0 Å². The van der Waals surface area contributed by atoms with E-state index in [4.69, 9.17) is 4.74 Å². The minimum atomic E-state index is -0.0327. The average Bonchev–Trinajstić information content (AvgIpc) is 2.50. The summed E-state index contributed by atoms with van der Waals surface area (Å²) < 4.78 is 5.13. The lowest BCUT2D eigenvalue weighted by atomic mass is 10.0. The summed E-state index contributed by atoms with van der Waals surface area (Å²) in [5.41, 5.74) is 0. The number of carbonyl (C=O) groups excluding carboxylic acids is 1. The minimum absolute atomic E-state index is 0.0267. The van der Waals surface area contributed by atoms with Crippen LogP contribution in [-0.2, 0) is 9.53 Å². The first-order chi connectivity index (χ1) is 11.2. The van der Waals surface area contributed by atoms with Gasteiger partial charge in [0, 0.05) is 6.42 Å². The van der Waals surface area contributed by atoms with E-state index >= 15 is 0 Å². The maximum atomic E-state index is 11.4. The van der Waals surface area contributed by atoms with Crippen molar-refractivity contribution in [2.45, 2.75) is 130 Å². The molecule has 2 heteroatoms. The predicted octanol–water partition coefficient (Wildman–Crippen LogP) is 7.20. The lowest BCUT2D eigenvalue weighted by Gasteiger charge is -2.07. The summed E-state index contributed by atoms with van der Waals surface area (Å²) >= 11 is 0. The van der Waals surface area contributed by atoms with Crippen LogP contribution in [-0.4, -0.2) is 12.1 Å². The van der Waals surface area contributed by atoms with Gasteiger partial charge in [0.1, 0.15) is 0 Å². The van der Waals surface area contributed by atoms with Gasteiger partial charge in [-0.15, -0.1) is 0 Å². The Labute approximate surface area is 145 Å². The van der Waals surface area contributed by atoms with Crippen LogP contribution < -0.4 is 0 Å². The Morgan fingerprint density at radius 2 is 1.00 bits per heavy atom. The Kier molecular flexibility index (Phi) is 17.4. The molecule has 0 aliphatic heterocycles. The number of ether oxygens (including phenoxy) is 1. The molecule has 23 heavy (non-hydrogen) atoms. The molecule has 0 heterocycles. The molecule has 0 N–H and O–H groups in total. The molecule has 138 valence electrons. The third kappa shape index (κ3) is 19.4. The molecule has 0 rings (SSSR count). The van der Waals surface area contributed by atoms with Crippen LogP contribution in [0.5, 0.6) is 0 Å². The summed E-state index contributed by atoms with van der Waals surface area (Å²) in [4.78, 5) is 11.4. The molecule has 0 aromatic heterocycles. The van der Waals surface area contributed by atoms with Gasteiger partial charge in [0.2, 0.25) is 0 Å². The molecule has 0 atom stereocenters. The van der Waals surface area contributed by atoms with Crippen molar-refractivity contribution in [2.24, 2.45) is 0 Å². The number of unbranched alkanes of at least 4 members (excludes halogenated alkanes) is 14. The van der Waals surface area contributed by atoms with Gasteiger partial charge in [-0.2, -0.15) is 0 Å². The lowest BCUT2D eigenvalue weighted by molar-refractivity contribution is -0.147. The fourth-order valence-corrected chi connectivity index (χ4v) is 2.96. The second-order valence-electron chi connectivity index (χ2n) is 7.24. The standard InChI is InChI=1S/C21H42O2/c1-4-5-6-7-8-9-10-11-12-13-14-15-16-17-18-19-21(22)23-20(2)3/h20H,4-19H2,1-3H3. The zero-order valence-electron chi connectivity index (χ0n) is 16.2. The smallest absolute Gasteiger partial charge is 0.306 e. The van der Waals surface area contributed by atoms with E-state index in [2.05, 4.69) is 6.92 Å². The third-order valence-electron chi connectivity index (χ3n) is 4.35. The van der Waals surface area contributed by atoms with Gasteiger partial charge < -0.3 is 4.74 Å². The Bertz CT molecular complexity index is 248. The van der Waals surface area contributed by atoms with Gasteiger partial charge in [0.05, 0.1) is 6.10 Å². The molecule has 0 fully saturated rings. The van der Waals surface area contributed by atoms with Crippen molar-refractivity contribution in [1.29, 1.82) is 0 Å². The van der Waals surface area contributed by atoms with Crippen LogP contribution in [0.1, 0.15) is 124 Å². The van der Waals surface area contributed by atoms with E-state index in [1.807, 2.05) is 13.8 Å². The summed E-state index contributed by atoms with van der Waals surface area (Å²) in [6.07, 6.45) is 20.9. The van der Waals surface area contributed by atoms with Gasteiger partial charge in [-0.1, -0.05) is 96.8 Å². The van der Waals surface area contributed by atoms with Crippen molar-refractivity contribution in [3.05, 3.63) is 0 Å². The maximum Gasteiger partial charge on any atom is 0.306 e. The average molecular weight is 327 g/mol. The van der Waals surface area contributed by atoms with Crippen LogP contribution >= 0.6 is 0 Å². The number of esters is 1. The Hall–Kier alpha value is -0.530. The topological polar surface area (TPSA) is 26.3 Å². The Balaban J connectivity index is 3.06. The number of hydrogen-bond donors (Lipinski definition) is 0. The molecule has 0 unspecified atom stereocenters. The van der Waals surface area contributed by atoms with Gasteiger partial charge in [0.15, 0.2) is 0 Å². The molecule has 2 nitrogen and oxygen atoms in total. The highest BCUT2D eigenvalue weighted by molar-refractivity contribution is 5.69. The fourth-order valence-electron chi connectivity index (χ4n) is 2.96. The first-order valence-corrected chi connectivity index (χ1v) is 10.4. The quantitative estimate of drug-likeness (QED) is 0.209. The van der Waals surface area contributed by atoms with Crippen LogP contribution in [0.4, 0.5) is 0 Å². The molecule has 0 saturated carbocycles. The number of hydrogen-bond acceptors (Lipinski definition) is 2. The number of carbonyl (C=O) groups is 1. The molecular weight excluding hydrogens is 284 g/mol. The molecule has 0 amide bonds. The van der Waals surface area contributed by atoms with Crippen LogP contribution in [0.3, 0.4) is 0 Å². The minimum Gasteiger partial charge on any atom is -0.463 e. The van der Waals surface area contributed by atoms with Crippen molar-refractivity contribution in [2.75, 3.05) is 0 Å². The SMILES string of the molecule is CCCCCCCCCCCCCCCCCC(=O)OC(C)C. The molecular formula is C21H42O2. The van der Waals surface area contributed by atoms with Crippen LogP contribution in [0.25, 0.3) is 0 Å². The van der Waals surface area contributed by atoms with E-state index in [1.54, 1.807) is 0 Å². The van der Waals surface area contributed by atoms with Crippen LogP contribution in [0.2, 0.25) is 0 Å². The van der Waals surface area contributed by atoms with Gasteiger partial charge in [-0.3, -0.25) is 4.79 Å². The van der Waals surface area contributed by atoms with Gasteiger partial charge >= 0.3 is 5.97 Å². The highest BCUT2D eigenvalue weighted by atomic mass is 16.5. The zero-order chi connectivity index (χ0) is 17.2. The van der Waals surface area contributed by atoms with Crippen LogP contribution in [0, 0.1) is 0 Å². The summed E-state index contributed by atoms with van der Waals surface area (Å²) in [5, 5.41) is 0. The van der Waals surface area contributed by atoms with Gasteiger partial charge in [0.25, 0.3) is 0 Å². The largest absolute Gasteiger partial charge is 0.463 e. The highest BCUT2D eigenvalue weighted by Crippen LogP contribution is 2.13. The highest BCUT2D eigenvalue weighted by Gasteiger charge is 2.04. The molecule has 0 aromatic rings. The third-order valence-corrected chi connectivity index (χ3v) is 4.35. The normalized spacial score (nSPS) is 11.1. The summed E-state index contributed by atoms with van der Waals surface area (Å²) in [6.45, 7) is 6.09. The zero-order valence-corrected chi connectivity index (χ0v) is 16.2. The predicted molar refractivity (Wildman–Crippen MR) is 101 cm³/mol. The fraction of sp³-hybridized carbons (Fsp3) is 0.952. The Morgan fingerprint density at radius 1 is 0.652 bits per heavy atom. The Morgan fingerprint density at radius 3 is 1.35 bits per heavy atom. The maximum absolute atomic E-state index is 11.4. The first kappa shape index (κ1) is 22.5. The summed E-state index contributed by atoms with van der Waals surface area (Å²) in [7, 11) is 0. The monoisotopic (exact) mass is 326 g/mol. The lowest BCUT2D eigenvalue weighted by Crippen LogP contribution is -2.10. The molecule has 0 spiro atoms. The molecule has 0 saturated heterocycles. The molecule has 0 aromatic carbocycles. The van der Waals surface area contributed by atoms with Crippen molar-refractivity contribution >= 4 is 5.97 Å². The van der Waals surface area contributed by atoms with E-state index in [-0.39, 0.29) is 12.1 Å². The van der Waals surface area contributed by atoms with E-state index in [1.165, 1.54) is 89.9 Å². The van der Waals surface area contributed by atoms with Crippen LogP contribution in [0.15, 0.2) is 0 Å².